The maximum absolute atomic E-state index is 9.88. The minimum Gasteiger partial charge on any atom is -0.494 e. The van der Waals surface area contributed by atoms with Crippen molar-refractivity contribution in [2.45, 2.75) is 39.0 Å². The van der Waals surface area contributed by atoms with Gasteiger partial charge >= 0.3 is 0 Å². The average molecular weight is 235 g/mol. The van der Waals surface area contributed by atoms with E-state index in [1.54, 1.807) is 0 Å². The average Bonchev–Trinajstić information content (AvgIpc) is 2.28. The Hall–Kier alpha value is -1.38. The molecule has 3 heteroatoms. The molecule has 1 aromatic carbocycles. The van der Waals surface area contributed by atoms with E-state index in [4.69, 9.17) is 4.74 Å². The van der Waals surface area contributed by atoms with E-state index < -0.39 is 0 Å². The van der Waals surface area contributed by atoms with Crippen LogP contribution in [0, 0.1) is 4.91 Å². The van der Waals surface area contributed by atoms with Gasteiger partial charge in [0.2, 0.25) is 0 Å². The SMILES string of the molecule is CC(C)(C)c1ccc(OCCCCN=O)cc1. The first-order valence-corrected chi connectivity index (χ1v) is 6.06. The number of hydrogen-bond acceptors (Lipinski definition) is 3. The van der Waals surface area contributed by atoms with Gasteiger partial charge in [-0.1, -0.05) is 38.1 Å². The summed E-state index contributed by atoms with van der Waals surface area (Å²) in [7, 11) is 0. The number of benzene rings is 1. The topological polar surface area (TPSA) is 38.7 Å². The van der Waals surface area contributed by atoms with E-state index in [-0.39, 0.29) is 5.41 Å². The van der Waals surface area contributed by atoms with Crippen LogP contribution in [0.2, 0.25) is 0 Å². The molecule has 17 heavy (non-hydrogen) atoms. The third-order valence-electron chi connectivity index (χ3n) is 2.63. The molecule has 1 aromatic rings. The summed E-state index contributed by atoms with van der Waals surface area (Å²) in [6, 6.07) is 8.20. The van der Waals surface area contributed by atoms with Crippen molar-refractivity contribution >= 4 is 0 Å². The predicted molar refractivity (Wildman–Crippen MR) is 70.5 cm³/mol. The zero-order chi connectivity index (χ0) is 12.7. The first-order valence-electron chi connectivity index (χ1n) is 6.06. The fourth-order valence-electron chi connectivity index (χ4n) is 1.52. The van der Waals surface area contributed by atoms with Crippen LogP contribution in [0.15, 0.2) is 29.4 Å². The second-order valence-corrected chi connectivity index (χ2v) is 5.18. The normalized spacial score (nSPS) is 11.2. The second kappa shape index (κ2) is 6.38. The molecule has 3 nitrogen and oxygen atoms in total. The minimum absolute atomic E-state index is 0.175. The Morgan fingerprint density at radius 3 is 2.29 bits per heavy atom. The lowest BCUT2D eigenvalue weighted by Gasteiger charge is -2.19. The largest absolute Gasteiger partial charge is 0.494 e. The molecule has 0 aliphatic heterocycles. The zero-order valence-electron chi connectivity index (χ0n) is 10.9. The molecule has 0 saturated carbocycles. The van der Waals surface area contributed by atoms with E-state index >= 15 is 0 Å². The summed E-state index contributed by atoms with van der Waals surface area (Å²) in [5.74, 6) is 0.886. The van der Waals surface area contributed by atoms with Gasteiger partial charge in [-0.25, -0.2) is 0 Å². The van der Waals surface area contributed by atoms with Crippen molar-refractivity contribution in [1.82, 2.24) is 0 Å². The molecule has 0 fully saturated rings. The molecule has 0 heterocycles. The Morgan fingerprint density at radius 2 is 1.76 bits per heavy atom. The van der Waals surface area contributed by atoms with Crippen LogP contribution in [0.3, 0.4) is 0 Å². The summed E-state index contributed by atoms with van der Waals surface area (Å²) in [4.78, 5) is 9.88. The molecule has 0 aromatic heterocycles. The smallest absolute Gasteiger partial charge is 0.119 e. The Kier molecular flexibility index (Phi) is 5.13. The number of ether oxygens (including phenoxy) is 1. The summed E-state index contributed by atoms with van der Waals surface area (Å²) in [5.41, 5.74) is 1.48. The van der Waals surface area contributed by atoms with Crippen molar-refractivity contribution in [2.24, 2.45) is 5.18 Å². The number of unbranched alkanes of at least 4 members (excludes halogenated alkanes) is 1. The van der Waals surface area contributed by atoms with Gasteiger partial charge in [0.25, 0.3) is 0 Å². The van der Waals surface area contributed by atoms with Gasteiger partial charge in [0.15, 0.2) is 0 Å². The fourth-order valence-corrected chi connectivity index (χ4v) is 1.52. The Bertz CT molecular complexity index is 338. The van der Waals surface area contributed by atoms with E-state index in [1.165, 1.54) is 5.56 Å². The highest BCUT2D eigenvalue weighted by Gasteiger charge is 2.12. The molecule has 0 unspecified atom stereocenters. The number of nitroso groups, excluding NO2 is 1. The highest BCUT2D eigenvalue weighted by Crippen LogP contribution is 2.24. The van der Waals surface area contributed by atoms with Gasteiger partial charge in [0.1, 0.15) is 5.75 Å². The molecule has 1 rings (SSSR count). The molecule has 0 amide bonds. The number of nitrogens with zero attached hydrogens (tertiary/aromatic N) is 1. The van der Waals surface area contributed by atoms with Crippen molar-refractivity contribution in [3.8, 4) is 5.75 Å². The van der Waals surface area contributed by atoms with Crippen LogP contribution in [-0.2, 0) is 5.41 Å². The van der Waals surface area contributed by atoms with Gasteiger partial charge in [0.05, 0.1) is 13.2 Å². The van der Waals surface area contributed by atoms with Crippen molar-refractivity contribution < 1.29 is 4.74 Å². The third kappa shape index (κ3) is 4.98. The molecular formula is C14H21NO2. The summed E-state index contributed by atoms with van der Waals surface area (Å²) in [6.45, 7) is 7.59. The van der Waals surface area contributed by atoms with E-state index in [2.05, 4.69) is 38.1 Å². The van der Waals surface area contributed by atoms with Crippen molar-refractivity contribution in [2.75, 3.05) is 13.2 Å². The second-order valence-electron chi connectivity index (χ2n) is 5.18. The van der Waals surface area contributed by atoms with Crippen molar-refractivity contribution in [3.05, 3.63) is 34.7 Å². The molecule has 94 valence electrons. The molecule has 0 spiro atoms. The quantitative estimate of drug-likeness (QED) is 0.554. The fraction of sp³-hybridized carbons (Fsp3) is 0.571. The molecular weight excluding hydrogens is 214 g/mol. The van der Waals surface area contributed by atoms with Gasteiger partial charge in [-0.15, -0.1) is 0 Å². The standard InChI is InChI=1S/C14H21NO2/c1-14(2,3)12-6-8-13(9-7-12)17-11-5-4-10-15-16/h6-9H,4-5,10-11H2,1-3H3. The molecule has 0 saturated heterocycles. The van der Waals surface area contributed by atoms with Gasteiger partial charge in [-0.2, -0.15) is 4.91 Å². The van der Waals surface area contributed by atoms with Crippen LogP contribution in [0.4, 0.5) is 0 Å². The van der Waals surface area contributed by atoms with Gasteiger partial charge in [-0.3, -0.25) is 0 Å². The minimum atomic E-state index is 0.175. The third-order valence-corrected chi connectivity index (χ3v) is 2.63. The van der Waals surface area contributed by atoms with Crippen LogP contribution in [-0.4, -0.2) is 13.2 Å². The molecule has 0 bridgehead atoms. The lowest BCUT2D eigenvalue weighted by atomic mass is 9.87. The molecule has 0 aliphatic rings. The van der Waals surface area contributed by atoms with Crippen LogP contribution in [0.25, 0.3) is 0 Å². The molecule has 0 radical (unpaired) electrons. The van der Waals surface area contributed by atoms with Crippen LogP contribution in [0.5, 0.6) is 5.75 Å². The van der Waals surface area contributed by atoms with Crippen molar-refractivity contribution in [1.29, 1.82) is 0 Å². The summed E-state index contributed by atoms with van der Waals surface area (Å²) in [6.07, 6.45) is 1.66. The first kappa shape index (κ1) is 13.7. The van der Waals surface area contributed by atoms with Crippen molar-refractivity contribution in [3.63, 3.8) is 0 Å². The Balaban J connectivity index is 2.38. The van der Waals surface area contributed by atoms with Gasteiger partial charge < -0.3 is 4.74 Å². The van der Waals surface area contributed by atoms with Gasteiger partial charge in [-0.05, 0) is 36.0 Å². The van der Waals surface area contributed by atoms with Gasteiger partial charge in [0, 0.05) is 0 Å². The van der Waals surface area contributed by atoms with E-state index in [0.717, 1.165) is 18.6 Å². The monoisotopic (exact) mass is 235 g/mol. The van der Waals surface area contributed by atoms with Crippen LogP contribution >= 0.6 is 0 Å². The first-order chi connectivity index (χ1) is 8.04. The lowest BCUT2D eigenvalue weighted by molar-refractivity contribution is 0.307. The van der Waals surface area contributed by atoms with Crippen LogP contribution in [0.1, 0.15) is 39.2 Å². The summed E-state index contributed by atoms with van der Waals surface area (Å²) >= 11 is 0. The highest BCUT2D eigenvalue weighted by molar-refractivity contribution is 5.31. The predicted octanol–water partition coefficient (Wildman–Crippen LogP) is 3.91. The zero-order valence-corrected chi connectivity index (χ0v) is 10.9. The Labute approximate surface area is 103 Å². The van der Waals surface area contributed by atoms with E-state index in [9.17, 15) is 4.91 Å². The van der Waals surface area contributed by atoms with E-state index in [1.807, 2.05) is 12.1 Å². The lowest BCUT2D eigenvalue weighted by Crippen LogP contribution is -2.10. The maximum Gasteiger partial charge on any atom is 0.119 e. The molecule has 0 aliphatic carbocycles. The highest BCUT2D eigenvalue weighted by atomic mass is 16.5. The molecule has 0 atom stereocenters. The Morgan fingerprint density at radius 1 is 1.12 bits per heavy atom. The number of hydrogen-bond donors (Lipinski definition) is 0. The van der Waals surface area contributed by atoms with Crippen LogP contribution < -0.4 is 4.74 Å². The maximum atomic E-state index is 9.88. The summed E-state index contributed by atoms with van der Waals surface area (Å²) in [5, 5.41) is 2.81. The number of rotatable bonds is 6. The molecule has 0 N–H and O–H groups in total. The van der Waals surface area contributed by atoms with E-state index in [0.29, 0.717) is 13.2 Å². The summed E-state index contributed by atoms with van der Waals surface area (Å²) < 4.78 is 5.58.